The van der Waals surface area contributed by atoms with Crippen molar-refractivity contribution >= 4 is 23.1 Å². The number of hydrogen-bond acceptors (Lipinski definition) is 6. The molecule has 0 saturated heterocycles. The molecular weight excluding hydrogens is 467 g/mol. The summed E-state index contributed by atoms with van der Waals surface area (Å²) in [5, 5.41) is 16.1. The topological polar surface area (TPSA) is 144 Å². The van der Waals surface area contributed by atoms with E-state index < -0.39 is 24.2 Å². The Morgan fingerprint density at radius 2 is 1.57 bits per heavy atom. The Hall–Kier alpha value is -4.32. The van der Waals surface area contributed by atoms with Crippen LogP contribution < -0.4 is 5.73 Å². The molecule has 2 heterocycles. The Morgan fingerprint density at radius 3 is 2.14 bits per heavy atom. The molecule has 0 fully saturated rings. The summed E-state index contributed by atoms with van der Waals surface area (Å²) >= 11 is 0. The van der Waals surface area contributed by atoms with E-state index in [2.05, 4.69) is 27.1 Å². The number of carboxylic acid groups (broad SMARTS) is 2. The first-order valence-corrected chi connectivity index (χ1v) is 10.1. The van der Waals surface area contributed by atoms with Crippen LogP contribution in [0.25, 0.3) is 22.4 Å². The van der Waals surface area contributed by atoms with Gasteiger partial charge in [-0.15, -0.1) is 0 Å². The molecule has 35 heavy (non-hydrogen) atoms. The number of rotatable bonds is 6. The maximum Gasteiger partial charge on any atom is 0.490 e. The highest BCUT2D eigenvalue weighted by Crippen LogP contribution is 2.25. The van der Waals surface area contributed by atoms with Crippen molar-refractivity contribution in [2.75, 3.05) is 0 Å². The molecule has 4 aromatic rings. The largest absolute Gasteiger partial charge is 0.490 e. The number of carbonyl (C=O) groups is 2. The first-order valence-electron chi connectivity index (χ1n) is 10.1. The van der Waals surface area contributed by atoms with Gasteiger partial charge in [-0.2, -0.15) is 13.2 Å². The van der Waals surface area contributed by atoms with Crippen LogP contribution in [-0.4, -0.2) is 53.9 Å². The molecule has 2 aromatic carbocycles. The third-order valence-corrected chi connectivity index (χ3v) is 4.84. The highest BCUT2D eigenvalue weighted by molar-refractivity contribution is 5.87. The van der Waals surface area contributed by atoms with E-state index in [1.165, 1.54) is 11.9 Å². The summed E-state index contributed by atoms with van der Waals surface area (Å²) in [5.74, 6) is -3.77. The summed E-state index contributed by atoms with van der Waals surface area (Å²) in [7, 11) is 0. The minimum Gasteiger partial charge on any atom is -0.480 e. The number of fused-ring (bicyclic) bond motifs is 1. The van der Waals surface area contributed by atoms with Crippen molar-refractivity contribution in [3.8, 4) is 11.3 Å². The highest BCUT2D eigenvalue weighted by atomic mass is 19.4. The molecule has 12 heteroatoms. The second kappa shape index (κ2) is 10.7. The molecule has 1 atom stereocenters. The van der Waals surface area contributed by atoms with Crippen molar-refractivity contribution in [1.29, 1.82) is 0 Å². The fraction of sp³-hybridized carbons (Fsp3) is 0.174. The summed E-state index contributed by atoms with van der Waals surface area (Å²) in [6, 6.07) is 16.8. The van der Waals surface area contributed by atoms with Gasteiger partial charge in [-0.25, -0.2) is 19.7 Å². The van der Waals surface area contributed by atoms with Crippen LogP contribution in [0, 0.1) is 0 Å². The minimum atomic E-state index is -5.08. The van der Waals surface area contributed by atoms with Gasteiger partial charge in [0, 0.05) is 5.56 Å². The number of imidazole rings is 1. The first-order chi connectivity index (χ1) is 16.6. The van der Waals surface area contributed by atoms with Crippen LogP contribution in [0.5, 0.6) is 0 Å². The number of benzene rings is 2. The second-order valence-corrected chi connectivity index (χ2v) is 7.40. The molecule has 1 unspecified atom stereocenters. The van der Waals surface area contributed by atoms with E-state index in [0.29, 0.717) is 6.54 Å². The predicted molar refractivity (Wildman–Crippen MR) is 119 cm³/mol. The minimum absolute atomic E-state index is 0.278. The molecular formula is C23H20F3N5O4. The van der Waals surface area contributed by atoms with Crippen molar-refractivity contribution in [2.24, 2.45) is 5.73 Å². The van der Waals surface area contributed by atoms with Gasteiger partial charge in [0.05, 0.1) is 12.9 Å². The number of nitrogens with zero attached hydrogens (tertiary/aromatic N) is 4. The van der Waals surface area contributed by atoms with E-state index in [9.17, 15) is 18.0 Å². The lowest BCUT2D eigenvalue weighted by Crippen LogP contribution is -2.32. The monoisotopic (exact) mass is 487 g/mol. The zero-order chi connectivity index (χ0) is 25.6. The average molecular weight is 487 g/mol. The van der Waals surface area contributed by atoms with E-state index in [-0.39, 0.29) is 6.42 Å². The van der Waals surface area contributed by atoms with E-state index in [4.69, 9.17) is 20.7 Å². The highest BCUT2D eigenvalue weighted by Gasteiger charge is 2.38. The summed E-state index contributed by atoms with van der Waals surface area (Å²) in [6.45, 7) is 0.680. The summed E-state index contributed by atoms with van der Waals surface area (Å²) in [5.41, 5.74) is 10.8. The van der Waals surface area contributed by atoms with E-state index in [1.54, 1.807) is 6.33 Å². The molecule has 0 bridgehead atoms. The van der Waals surface area contributed by atoms with Crippen LogP contribution in [0.1, 0.15) is 11.1 Å². The number of aromatic nitrogens is 4. The maximum absolute atomic E-state index is 10.9. The lowest BCUT2D eigenvalue weighted by Gasteiger charge is -2.08. The number of alkyl halides is 3. The van der Waals surface area contributed by atoms with Gasteiger partial charge in [0.1, 0.15) is 23.6 Å². The summed E-state index contributed by atoms with van der Waals surface area (Å²) < 4.78 is 33.7. The molecule has 9 nitrogen and oxygen atoms in total. The van der Waals surface area contributed by atoms with Gasteiger partial charge >= 0.3 is 18.1 Å². The van der Waals surface area contributed by atoms with Crippen LogP contribution in [-0.2, 0) is 22.6 Å². The lowest BCUT2D eigenvalue weighted by molar-refractivity contribution is -0.192. The van der Waals surface area contributed by atoms with Gasteiger partial charge in [0.2, 0.25) is 0 Å². The summed E-state index contributed by atoms with van der Waals surface area (Å²) in [6.07, 6.45) is -1.49. The van der Waals surface area contributed by atoms with Gasteiger partial charge in [-0.3, -0.25) is 4.79 Å². The van der Waals surface area contributed by atoms with Crippen molar-refractivity contribution < 1.29 is 33.0 Å². The molecule has 0 radical (unpaired) electrons. The van der Waals surface area contributed by atoms with Crippen LogP contribution in [0.3, 0.4) is 0 Å². The fourth-order valence-electron chi connectivity index (χ4n) is 3.13. The SMILES string of the molecule is NC(Cc1ccc(-c2ncnc3c2ncn3Cc2ccccc2)cc1)C(=O)O.O=C(O)C(F)(F)F. The van der Waals surface area contributed by atoms with Gasteiger partial charge in [0.25, 0.3) is 0 Å². The number of halogens is 3. The van der Waals surface area contributed by atoms with Gasteiger partial charge in [0.15, 0.2) is 5.65 Å². The Balaban J connectivity index is 0.000000429. The maximum atomic E-state index is 10.9. The van der Waals surface area contributed by atoms with Crippen LogP contribution in [0.15, 0.2) is 67.3 Å². The normalized spacial score (nSPS) is 12.0. The van der Waals surface area contributed by atoms with Crippen molar-refractivity contribution in [3.05, 3.63) is 78.4 Å². The molecule has 4 rings (SSSR count). The smallest absolute Gasteiger partial charge is 0.480 e. The zero-order valence-corrected chi connectivity index (χ0v) is 18.1. The van der Waals surface area contributed by atoms with E-state index in [1.807, 2.05) is 47.0 Å². The third kappa shape index (κ3) is 6.60. The number of nitrogens with two attached hydrogens (primary N) is 1. The number of aliphatic carboxylic acids is 2. The predicted octanol–water partition coefficient (Wildman–Crippen LogP) is 3.13. The molecule has 0 saturated carbocycles. The van der Waals surface area contributed by atoms with Crippen molar-refractivity contribution in [3.63, 3.8) is 0 Å². The van der Waals surface area contributed by atoms with Gasteiger partial charge in [-0.1, -0.05) is 54.6 Å². The summed E-state index contributed by atoms with van der Waals surface area (Å²) in [4.78, 5) is 33.2. The Kier molecular flexibility index (Phi) is 7.76. The molecule has 0 aliphatic carbocycles. The van der Waals surface area contributed by atoms with Gasteiger partial charge in [-0.05, 0) is 17.5 Å². The Labute approximate surface area is 196 Å². The second-order valence-electron chi connectivity index (χ2n) is 7.40. The van der Waals surface area contributed by atoms with Crippen LogP contribution in [0.4, 0.5) is 13.2 Å². The van der Waals surface area contributed by atoms with Crippen LogP contribution in [0.2, 0.25) is 0 Å². The van der Waals surface area contributed by atoms with Gasteiger partial charge < -0.3 is 20.5 Å². The molecule has 0 aliphatic heterocycles. The quantitative estimate of drug-likeness (QED) is 0.376. The molecule has 0 aliphatic rings. The number of carboxylic acids is 2. The Bertz CT molecular complexity index is 1310. The first kappa shape index (κ1) is 25.3. The van der Waals surface area contributed by atoms with E-state index in [0.717, 1.165) is 28.0 Å². The fourth-order valence-corrected chi connectivity index (χ4v) is 3.13. The Morgan fingerprint density at radius 1 is 0.943 bits per heavy atom. The molecule has 4 N–H and O–H groups in total. The average Bonchev–Trinajstić information content (AvgIpc) is 3.23. The number of hydrogen-bond donors (Lipinski definition) is 3. The standard InChI is InChI=1S/C21H19N5O2.C2HF3O2/c22-17(21(27)28)10-14-6-8-16(9-7-14)18-19-20(24-12-23-18)26(13-25-19)11-15-4-2-1-3-5-15;3-2(4,5)1(6)7/h1-9,12-13,17H,10-11,22H2,(H,27,28);(H,6,7). The molecule has 2 aromatic heterocycles. The molecule has 0 amide bonds. The van der Waals surface area contributed by atoms with Crippen LogP contribution >= 0.6 is 0 Å². The van der Waals surface area contributed by atoms with Crippen molar-refractivity contribution in [2.45, 2.75) is 25.2 Å². The zero-order valence-electron chi connectivity index (χ0n) is 18.1. The molecule has 182 valence electrons. The molecule has 0 spiro atoms. The lowest BCUT2D eigenvalue weighted by atomic mass is 10.0. The van der Waals surface area contributed by atoms with E-state index >= 15 is 0 Å². The van der Waals surface area contributed by atoms with Crippen molar-refractivity contribution in [1.82, 2.24) is 19.5 Å². The third-order valence-electron chi connectivity index (χ3n) is 4.84.